The summed E-state index contributed by atoms with van der Waals surface area (Å²) in [5.74, 6) is 2.19. The molecule has 19 heavy (non-hydrogen) atoms. The van der Waals surface area contributed by atoms with Gasteiger partial charge in [-0.25, -0.2) is 0 Å². The van der Waals surface area contributed by atoms with Gasteiger partial charge in [-0.15, -0.1) is 0 Å². The third-order valence-corrected chi connectivity index (χ3v) is 6.30. The lowest BCUT2D eigenvalue weighted by Gasteiger charge is -2.26. The highest BCUT2D eigenvalue weighted by molar-refractivity contribution is 7.53. The molecule has 0 radical (unpaired) electrons. The van der Waals surface area contributed by atoms with E-state index in [0.29, 0.717) is 30.3 Å². The molecule has 2 aliphatic rings. The highest BCUT2D eigenvalue weighted by Crippen LogP contribution is 2.51. The lowest BCUT2D eigenvalue weighted by Crippen LogP contribution is -2.22. The number of rotatable bonds is 5. The molecule has 5 atom stereocenters. The van der Waals surface area contributed by atoms with E-state index in [-0.39, 0.29) is 6.10 Å². The van der Waals surface area contributed by atoms with Crippen LogP contribution in [0, 0.1) is 23.7 Å². The van der Waals surface area contributed by atoms with Crippen LogP contribution in [0.25, 0.3) is 0 Å². The van der Waals surface area contributed by atoms with Gasteiger partial charge in [0.1, 0.15) is 0 Å². The molecule has 3 nitrogen and oxygen atoms in total. The van der Waals surface area contributed by atoms with Crippen LogP contribution in [-0.4, -0.2) is 19.4 Å². The first kappa shape index (κ1) is 15.5. The molecule has 2 aliphatic carbocycles. The Kier molecular flexibility index (Phi) is 5.14. The van der Waals surface area contributed by atoms with Crippen LogP contribution in [0.5, 0.6) is 0 Å². The summed E-state index contributed by atoms with van der Waals surface area (Å²) in [6.45, 7) is 8.91. The van der Waals surface area contributed by atoms with Gasteiger partial charge in [-0.1, -0.05) is 33.6 Å². The molecule has 0 saturated heterocycles. The Bertz CT molecular complexity index is 338. The Morgan fingerprint density at radius 1 is 1.11 bits per heavy atom. The zero-order valence-corrected chi connectivity index (χ0v) is 13.7. The predicted molar refractivity (Wildman–Crippen MR) is 78.4 cm³/mol. The maximum absolute atomic E-state index is 12.5. The molecular weight excluding hydrogens is 259 g/mol. The van der Waals surface area contributed by atoms with Gasteiger partial charge in [-0.05, 0) is 42.9 Å². The van der Waals surface area contributed by atoms with Crippen molar-refractivity contribution in [3.8, 4) is 0 Å². The van der Waals surface area contributed by atoms with Crippen molar-refractivity contribution in [2.75, 3.05) is 13.3 Å². The largest absolute Gasteiger partial charge is 0.327 e. The van der Waals surface area contributed by atoms with Gasteiger partial charge < -0.3 is 9.05 Å². The summed E-state index contributed by atoms with van der Waals surface area (Å²) in [6, 6.07) is 0. The number of hydrogen-bond donors (Lipinski definition) is 0. The minimum atomic E-state index is -2.90. The second-order valence-corrected chi connectivity index (χ2v) is 8.85. The van der Waals surface area contributed by atoms with Crippen LogP contribution in [0.15, 0.2) is 0 Å². The highest BCUT2D eigenvalue weighted by atomic mass is 31.2. The Hall–Kier alpha value is 0.150. The smallest absolute Gasteiger partial charge is 0.308 e. The summed E-state index contributed by atoms with van der Waals surface area (Å²) in [4.78, 5) is 0. The molecule has 0 amide bonds. The maximum atomic E-state index is 12.5. The van der Waals surface area contributed by atoms with E-state index in [2.05, 4.69) is 20.8 Å². The van der Waals surface area contributed by atoms with E-state index < -0.39 is 7.60 Å². The quantitative estimate of drug-likeness (QED) is 0.687. The van der Waals surface area contributed by atoms with Gasteiger partial charge in [0.15, 0.2) is 0 Å². The molecule has 2 rings (SSSR count). The van der Waals surface area contributed by atoms with E-state index in [0.717, 1.165) is 6.42 Å². The number of hydrogen-bond acceptors (Lipinski definition) is 3. The van der Waals surface area contributed by atoms with Crippen molar-refractivity contribution in [3.05, 3.63) is 0 Å². The molecule has 4 heteroatoms. The molecule has 0 N–H and O–H groups in total. The van der Waals surface area contributed by atoms with Crippen molar-refractivity contribution in [2.24, 2.45) is 23.7 Å². The maximum Gasteiger partial charge on any atom is 0.327 e. The van der Waals surface area contributed by atoms with E-state index in [1.807, 2.05) is 0 Å². The first-order valence-corrected chi connectivity index (χ1v) is 9.78. The standard InChI is InChI=1S/C15H29O3P/c1-11-9-12(2)15(13(11)3)18-19(4,16)17-10-14-7-5-6-8-14/h11-15H,5-10H2,1-4H3/t11-,12+,13-,15?,19?/m1/s1. The summed E-state index contributed by atoms with van der Waals surface area (Å²) in [5.41, 5.74) is 0. The van der Waals surface area contributed by atoms with Crippen LogP contribution in [0.4, 0.5) is 0 Å². The molecule has 0 aliphatic heterocycles. The second kappa shape index (κ2) is 6.28. The normalized spacial score (nSPS) is 39.6. The fraction of sp³-hybridized carbons (Fsp3) is 1.00. The van der Waals surface area contributed by atoms with Crippen LogP contribution in [0.2, 0.25) is 0 Å². The molecule has 0 spiro atoms. The molecule has 112 valence electrons. The van der Waals surface area contributed by atoms with Gasteiger partial charge in [0.2, 0.25) is 0 Å². The minimum absolute atomic E-state index is 0.0920. The summed E-state index contributed by atoms with van der Waals surface area (Å²) in [7, 11) is -2.90. The Balaban J connectivity index is 1.84. The Morgan fingerprint density at radius 2 is 1.74 bits per heavy atom. The van der Waals surface area contributed by atoms with Gasteiger partial charge in [0.05, 0.1) is 12.7 Å². The van der Waals surface area contributed by atoms with E-state index in [1.54, 1.807) is 6.66 Å². The van der Waals surface area contributed by atoms with Crippen molar-refractivity contribution < 1.29 is 13.6 Å². The zero-order valence-electron chi connectivity index (χ0n) is 12.8. The third kappa shape index (κ3) is 4.06. The molecule has 0 aromatic carbocycles. The summed E-state index contributed by atoms with van der Waals surface area (Å²) < 4.78 is 24.0. The first-order chi connectivity index (χ1) is 8.89. The van der Waals surface area contributed by atoms with Crippen molar-refractivity contribution in [3.63, 3.8) is 0 Å². The van der Waals surface area contributed by atoms with Crippen LogP contribution in [0.3, 0.4) is 0 Å². The molecule has 2 fully saturated rings. The van der Waals surface area contributed by atoms with Gasteiger partial charge in [0, 0.05) is 6.66 Å². The summed E-state index contributed by atoms with van der Waals surface area (Å²) in [6.07, 6.45) is 6.26. The molecule has 2 saturated carbocycles. The van der Waals surface area contributed by atoms with Crippen molar-refractivity contribution in [1.82, 2.24) is 0 Å². The fourth-order valence-electron chi connectivity index (χ4n) is 3.65. The Labute approximate surface area is 118 Å². The molecular formula is C15H29O3P. The van der Waals surface area contributed by atoms with E-state index in [4.69, 9.17) is 9.05 Å². The van der Waals surface area contributed by atoms with Crippen LogP contribution in [0.1, 0.15) is 52.9 Å². The monoisotopic (exact) mass is 288 g/mol. The van der Waals surface area contributed by atoms with E-state index in [9.17, 15) is 4.57 Å². The lowest BCUT2D eigenvalue weighted by molar-refractivity contribution is 0.0896. The highest BCUT2D eigenvalue weighted by Gasteiger charge is 2.40. The fourth-order valence-corrected chi connectivity index (χ4v) is 5.03. The minimum Gasteiger partial charge on any atom is -0.308 e. The van der Waals surface area contributed by atoms with Crippen molar-refractivity contribution in [2.45, 2.75) is 59.0 Å². The lowest BCUT2D eigenvalue weighted by atomic mass is 9.99. The summed E-state index contributed by atoms with van der Waals surface area (Å²) >= 11 is 0. The van der Waals surface area contributed by atoms with Crippen LogP contribution < -0.4 is 0 Å². The topological polar surface area (TPSA) is 35.5 Å². The molecule has 0 aromatic heterocycles. The van der Waals surface area contributed by atoms with E-state index in [1.165, 1.54) is 25.7 Å². The molecule has 0 heterocycles. The van der Waals surface area contributed by atoms with E-state index >= 15 is 0 Å². The molecule has 0 aromatic rings. The predicted octanol–water partition coefficient (Wildman–Crippen LogP) is 4.71. The average Bonchev–Trinajstić information content (AvgIpc) is 2.92. The Morgan fingerprint density at radius 3 is 2.26 bits per heavy atom. The SMILES string of the molecule is C[C@@H]1C[C@H](C)C(OP(C)(=O)OCC2CCCC2)[C@@H]1C. The molecule has 0 bridgehead atoms. The van der Waals surface area contributed by atoms with Crippen LogP contribution >= 0.6 is 7.60 Å². The van der Waals surface area contributed by atoms with Gasteiger partial charge in [-0.2, -0.15) is 0 Å². The van der Waals surface area contributed by atoms with Crippen molar-refractivity contribution in [1.29, 1.82) is 0 Å². The summed E-state index contributed by atoms with van der Waals surface area (Å²) in [5, 5.41) is 0. The van der Waals surface area contributed by atoms with Gasteiger partial charge >= 0.3 is 7.60 Å². The average molecular weight is 288 g/mol. The molecule has 2 unspecified atom stereocenters. The van der Waals surface area contributed by atoms with Crippen LogP contribution in [-0.2, 0) is 13.6 Å². The first-order valence-electron chi connectivity index (χ1n) is 7.79. The van der Waals surface area contributed by atoms with Gasteiger partial charge in [0.25, 0.3) is 0 Å². The second-order valence-electron chi connectivity index (χ2n) is 6.84. The van der Waals surface area contributed by atoms with Gasteiger partial charge in [-0.3, -0.25) is 4.57 Å². The zero-order chi connectivity index (χ0) is 14.0. The third-order valence-electron chi connectivity index (χ3n) is 5.05. The van der Waals surface area contributed by atoms with Crippen molar-refractivity contribution >= 4 is 7.60 Å².